The van der Waals surface area contributed by atoms with E-state index >= 15 is 0 Å². The van der Waals surface area contributed by atoms with Gasteiger partial charge in [-0.2, -0.15) is 0 Å². The molecule has 9 atom stereocenters. The highest BCUT2D eigenvalue weighted by atomic mass is 16.3. The van der Waals surface area contributed by atoms with Crippen LogP contribution in [0, 0.1) is 64.1 Å². The number of rotatable bonds is 10. The van der Waals surface area contributed by atoms with Crippen LogP contribution in [0.2, 0.25) is 0 Å². The lowest BCUT2D eigenvalue weighted by Gasteiger charge is -2.62. The number of fused-ring (bicyclic) bond motifs is 5. The van der Waals surface area contributed by atoms with Gasteiger partial charge >= 0.3 is 0 Å². The number of allylic oxidation sites excluding steroid dienone is 1. The van der Waals surface area contributed by atoms with E-state index in [2.05, 4.69) is 47.6 Å². The Morgan fingerprint density at radius 3 is 2.36 bits per heavy atom. The summed E-state index contributed by atoms with van der Waals surface area (Å²) < 4.78 is 0. The summed E-state index contributed by atoms with van der Waals surface area (Å²) in [6.45, 7) is 15.2. The van der Waals surface area contributed by atoms with Gasteiger partial charge in [-0.3, -0.25) is 0 Å². The highest BCUT2D eigenvalue weighted by molar-refractivity contribution is 5.27. The summed E-state index contributed by atoms with van der Waals surface area (Å²) in [6.07, 6.45) is 27.6. The lowest BCUT2D eigenvalue weighted by Crippen LogP contribution is -2.55. The third-order valence-corrected chi connectivity index (χ3v) is 14.2. The highest BCUT2D eigenvalue weighted by Crippen LogP contribution is 2.69. The standard InChI is InChI=1S/C38H66O/c1-7-8-9-13-28-14-16-29(17-15-28)36-25-31(39)24-30-18-19-32-34-21-20-33(27(4)12-10-11-26(2)3)37(34,5)23-22-35(32)38(30,36)6/h18,26-29,31-36,39H,7-17,19-25H2,1-6H3/t27-,28?,29?,31-,32+,33-,34+,35+,36?,37-,38+/m1/s1. The smallest absolute Gasteiger partial charge is 0.0580 e. The van der Waals surface area contributed by atoms with E-state index in [-0.39, 0.29) is 6.10 Å². The molecule has 0 spiro atoms. The van der Waals surface area contributed by atoms with Crippen molar-refractivity contribution in [2.24, 2.45) is 64.1 Å². The van der Waals surface area contributed by atoms with Crippen molar-refractivity contribution in [1.82, 2.24) is 0 Å². The maximum Gasteiger partial charge on any atom is 0.0580 e. The maximum atomic E-state index is 11.1. The van der Waals surface area contributed by atoms with Crippen molar-refractivity contribution in [2.75, 3.05) is 0 Å². The quantitative estimate of drug-likeness (QED) is 0.216. The van der Waals surface area contributed by atoms with Gasteiger partial charge in [0.25, 0.3) is 0 Å². The molecule has 1 nitrogen and oxygen atoms in total. The van der Waals surface area contributed by atoms with Crippen LogP contribution >= 0.6 is 0 Å². The minimum absolute atomic E-state index is 0.0930. The molecule has 1 heteroatoms. The molecule has 224 valence electrons. The molecular weight excluding hydrogens is 472 g/mol. The van der Waals surface area contributed by atoms with Gasteiger partial charge in [0.05, 0.1) is 6.10 Å². The van der Waals surface area contributed by atoms with Gasteiger partial charge in [-0.25, -0.2) is 0 Å². The zero-order chi connectivity index (χ0) is 27.8. The van der Waals surface area contributed by atoms with Gasteiger partial charge in [0, 0.05) is 0 Å². The van der Waals surface area contributed by atoms with E-state index < -0.39 is 0 Å². The number of hydrogen-bond acceptors (Lipinski definition) is 1. The SMILES string of the molecule is CCCCCC1CCC(C2C[C@H](O)CC3=CC[C@H]4[C@@H]5CC[C@H]([C@H](C)CCCC(C)C)[C@@]5(C)CC[C@@H]4[C@]32C)CC1. The summed E-state index contributed by atoms with van der Waals surface area (Å²) in [5, 5.41) is 11.1. The van der Waals surface area contributed by atoms with Gasteiger partial charge in [0.15, 0.2) is 0 Å². The van der Waals surface area contributed by atoms with Gasteiger partial charge < -0.3 is 5.11 Å². The number of hydrogen-bond donors (Lipinski definition) is 1. The topological polar surface area (TPSA) is 20.2 Å². The van der Waals surface area contributed by atoms with Gasteiger partial charge in [-0.15, -0.1) is 0 Å². The Labute approximate surface area is 243 Å². The van der Waals surface area contributed by atoms with E-state index in [9.17, 15) is 5.11 Å². The van der Waals surface area contributed by atoms with Crippen LogP contribution in [-0.2, 0) is 0 Å². The van der Waals surface area contributed by atoms with Crippen LogP contribution in [0.25, 0.3) is 0 Å². The first-order chi connectivity index (χ1) is 18.7. The fourth-order valence-corrected chi connectivity index (χ4v) is 12.1. The average Bonchev–Trinajstić information content (AvgIpc) is 3.26. The summed E-state index contributed by atoms with van der Waals surface area (Å²) in [4.78, 5) is 0. The second-order valence-corrected chi connectivity index (χ2v) is 16.6. The van der Waals surface area contributed by atoms with E-state index in [4.69, 9.17) is 0 Å². The Morgan fingerprint density at radius 1 is 0.872 bits per heavy atom. The maximum absolute atomic E-state index is 11.1. The molecule has 5 aliphatic rings. The Bertz CT molecular complexity index is 819. The number of unbranched alkanes of at least 4 members (excludes halogenated alkanes) is 2. The zero-order valence-corrected chi connectivity index (χ0v) is 27.0. The van der Waals surface area contributed by atoms with Gasteiger partial charge in [0.2, 0.25) is 0 Å². The van der Waals surface area contributed by atoms with Crippen molar-refractivity contribution in [3.63, 3.8) is 0 Å². The van der Waals surface area contributed by atoms with Crippen LogP contribution < -0.4 is 0 Å². The molecule has 0 aromatic rings. The first-order valence-electron chi connectivity index (χ1n) is 18.1. The van der Waals surface area contributed by atoms with Gasteiger partial charge in [0.1, 0.15) is 0 Å². The highest BCUT2D eigenvalue weighted by Gasteiger charge is 2.61. The first kappa shape index (κ1) is 30.2. The lowest BCUT2D eigenvalue weighted by molar-refractivity contribution is -0.0953. The molecule has 0 radical (unpaired) electrons. The monoisotopic (exact) mass is 539 g/mol. The minimum Gasteiger partial charge on any atom is -0.393 e. The fraction of sp³-hybridized carbons (Fsp3) is 0.947. The van der Waals surface area contributed by atoms with Crippen molar-refractivity contribution in [2.45, 2.75) is 163 Å². The van der Waals surface area contributed by atoms with Crippen LogP contribution in [-0.4, -0.2) is 11.2 Å². The molecule has 5 aliphatic carbocycles. The first-order valence-corrected chi connectivity index (χ1v) is 18.1. The number of aliphatic hydroxyl groups excluding tert-OH is 1. The van der Waals surface area contributed by atoms with E-state index in [0.29, 0.717) is 16.7 Å². The summed E-state index contributed by atoms with van der Waals surface area (Å²) in [7, 11) is 0. The van der Waals surface area contributed by atoms with Crippen LogP contribution in [0.15, 0.2) is 11.6 Å². The molecule has 0 heterocycles. The fourth-order valence-electron chi connectivity index (χ4n) is 12.1. The summed E-state index contributed by atoms with van der Waals surface area (Å²) in [5.74, 6) is 7.93. The molecule has 0 aromatic heterocycles. The Balaban J connectivity index is 1.30. The van der Waals surface area contributed by atoms with E-state index in [1.54, 1.807) is 5.57 Å². The summed E-state index contributed by atoms with van der Waals surface area (Å²) in [5.41, 5.74) is 2.61. The lowest BCUT2D eigenvalue weighted by atomic mass is 9.43. The Hall–Kier alpha value is -0.300. The Morgan fingerprint density at radius 2 is 1.64 bits per heavy atom. The molecule has 0 bridgehead atoms. The normalized spacial score (nSPS) is 44.9. The average molecular weight is 539 g/mol. The van der Waals surface area contributed by atoms with Crippen molar-refractivity contribution >= 4 is 0 Å². The number of aliphatic hydroxyl groups is 1. The van der Waals surface area contributed by atoms with Crippen molar-refractivity contribution in [1.29, 1.82) is 0 Å². The van der Waals surface area contributed by atoms with E-state index in [1.807, 2.05) is 0 Å². The molecule has 0 amide bonds. The van der Waals surface area contributed by atoms with Crippen LogP contribution in [0.4, 0.5) is 0 Å². The van der Waals surface area contributed by atoms with Crippen molar-refractivity contribution < 1.29 is 5.11 Å². The van der Waals surface area contributed by atoms with Crippen LogP contribution in [0.3, 0.4) is 0 Å². The van der Waals surface area contributed by atoms with E-state index in [0.717, 1.165) is 60.2 Å². The van der Waals surface area contributed by atoms with Crippen LogP contribution in [0.1, 0.15) is 157 Å². The molecule has 0 aromatic carbocycles. The van der Waals surface area contributed by atoms with E-state index in [1.165, 1.54) is 103 Å². The molecule has 4 fully saturated rings. The van der Waals surface area contributed by atoms with Crippen LogP contribution in [0.5, 0.6) is 0 Å². The molecule has 0 aliphatic heterocycles. The minimum atomic E-state index is -0.0930. The third kappa shape index (κ3) is 5.84. The molecule has 4 saturated carbocycles. The second kappa shape index (κ2) is 12.5. The van der Waals surface area contributed by atoms with Crippen molar-refractivity contribution in [3.8, 4) is 0 Å². The Kier molecular flexibility index (Phi) is 9.68. The molecule has 1 unspecified atom stereocenters. The predicted molar refractivity (Wildman–Crippen MR) is 168 cm³/mol. The largest absolute Gasteiger partial charge is 0.393 e. The van der Waals surface area contributed by atoms with Gasteiger partial charge in [-0.1, -0.05) is 111 Å². The molecule has 1 N–H and O–H groups in total. The summed E-state index contributed by atoms with van der Waals surface area (Å²) in [6, 6.07) is 0. The van der Waals surface area contributed by atoms with Crippen molar-refractivity contribution in [3.05, 3.63) is 11.6 Å². The third-order valence-electron chi connectivity index (χ3n) is 14.2. The molecule has 39 heavy (non-hydrogen) atoms. The molecule has 5 rings (SSSR count). The molecular formula is C38H66O. The predicted octanol–water partition coefficient (Wildman–Crippen LogP) is 11.0. The second-order valence-electron chi connectivity index (χ2n) is 16.6. The molecule has 0 saturated heterocycles. The zero-order valence-electron chi connectivity index (χ0n) is 27.0. The van der Waals surface area contributed by atoms with Gasteiger partial charge in [-0.05, 0) is 122 Å². The summed E-state index contributed by atoms with van der Waals surface area (Å²) >= 11 is 0.